The lowest BCUT2D eigenvalue weighted by Crippen LogP contribution is -2.37. The maximum atomic E-state index is 13.2. The lowest BCUT2D eigenvalue weighted by Gasteiger charge is -2.26. The van der Waals surface area contributed by atoms with E-state index in [1.807, 2.05) is 19.0 Å². The molecule has 2 rings (SSSR count). The van der Waals surface area contributed by atoms with Gasteiger partial charge in [0.25, 0.3) is 15.7 Å². The van der Waals surface area contributed by atoms with Gasteiger partial charge in [0.1, 0.15) is 5.75 Å². The summed E-state index contributed by atoms with van der Waals surface area (Å²) in [6.07, 6.45) is 0. The molecule has 2 aromatic carbocycles. The minimum absolute atomic E-state index is 0.155. The smallest absolute Gasteiger partial charge is 0.293 e. The average Bonchev–Trinajstić information content (AvgIpc) is 2.61. The van der Waals surface area contributed by atoms with Gasteiger partial charge in [-0.05, 0) is 38.4 Å². The van der Waals surface area contributed by atoms with E-state index in [1.54, 1.807) is 30.3 Å². The van der Waals surface area contributed by atoms with Crippen molar-refractivity contribution in [2.75, 3.05) is 38.6 Å². The topological polar surface area (TPSA) is 93.0 Å². The van der Waals surface area contributed by atoms with Crippen molar-refractivity contribution in [3.8, 4) is 5.75 Å². The van der Waals surface area contributed by atoms with Crippen LogP contribution in [0.1, 0.15) is 0 Å². The quantitative estimate of drug-likeness (QED) is 0.516. The molecule has 0 aromatic heterocycles. The van der Waals surface area contributed by atoms with Crippen LogP contribution in [0.3, 0.4) is 0 Å². The number of nitro benzene ring substituents is 1. The van der Waals surface area contributed by atoms with Crippen LogP contribution in [-0.2, 0) is 10.0 Å². The molecule has 0 aliphatic rings. The third kappa shape index (κ3) is 4.30. The number of benzene rings is 2. The molecular weight excluding hydrogens is 358 g/mol. The fourth-order valence-electron chi connectivity index (χ4n) is 2.38. The Kier molecular flexibility index (Phi) is 6.17. The highest BCUT2D eigenvalue weighted by molar-refractivity contribution is 7.93. The second kappa shape index (κ2) is 8.15. The summed E-state index contributed by atoms with van der Waals surface area (Å²) in [5.74, 6) is 0.218. The number of hydrogen-bond donors (Lipinski definition) is 0. The first-order valence-electron chi connectivity index (χ1n) is 7.82. The second-order valence-corrected chi connectivity index (χ2v) is 7.64. The molecule has 2 aromatic rings. The van der Waals surface area contributed by atoms with Gasteiger partial charge in [-0.3, -0.25) is 14.4 Å². The van der Waals surface area contributed by atoms with Gasteiger partial charge in [0.15, 0.2) is 4.90 Å². The molecule has 0 unspecified atom stereocenters. The predicted octanol–water partition coefficient (Wildman–Crippen LogP) is 2.36. The minimum atomic E-state index is -4.14. The van der Waals surface area contributed by atoms with Crippen molar-refractivity contribution in [3.05, 3.63) is 58.6 Å². The normalized spacial score (nSPS) is 11.4. The van der Waals surface area contributed by atoms with E-state index in [9.17, 15) is 18.5 Å². The van der Waals surface area contributed by atoms with E-state index in [-0.39, 0.29) is 17.2 Å². The Morgan fingerprint density at radius 3 is 2.27 bits per heavy atom. The van der Waals surface area contributed by atoms with E-state index >= 15 is 0 Å². The minimum Gasteiger partial charge on any atom is -0.497 e. The van der Waals surface area contributed by atoms with E-state index < -0.39 is 20.6 Å². The molecule has 0 spiro atoms. The van der Waals surface area contributed by atoms with E-state index in [4.69, 9.17) is 4.74 Å². The maximum Gasteiger partial charge on any atom is 0.293 e. The van der Waals surface area contributed by atoms with Crippen LogP contribution in [0.2, 0.25) is 0 Å². The molecule has 8 nitrogen and oxygen atoms in total. The number of sulfonamides is 1. The van der Waals surface area contributed by atoms with Crippen LogP contribution in [0.4, 0.5) is 11.4 Å². The third-order valence-electron chi connectivity index (χ3n) is 3.73. The average molecular weight is 379 g/mol. The molecule has 9 heteroatoms. The number of anilines is 1. The first-order valence-corrected chi connectivity index (χ1v) is 9.26. The number of methoxy groups -OCH3 is 1. The summed E-state index contributed by atoms with van der Waals surface area (Å²) in [5.41, 5.74) is -0.0744. The van der Waals surface area contributed by atoms with Gasteiger partial charge in [0.2, 0.25) is 0 Å². The summed E-state index contributed by atoms with van der Waals surface area (Å²) in [6.45, 7) is 0.612. The van der Waals surface area contributed by atoms with Crippen LogP contribution >= 0.6 is 0 Å². The Balaban J connectivity index is 2.58. The predicted molar refractivity (Wildman–Crippen MR) is 99.2 cm³/mol. The van der Waals surface area contributed by atoms with Crippen molar-refractivity contribution in [1.82, 2.24) is 4.90 Å². The number of para-hydroxylation sites is 1. The van der Waals surface area contributed by atoms with Crippen molar-refractivity contribution in [2.24, 2.45) is 0 Å². The summed E-state index contributed by atoms with van der Waals surface area (Å²) in [7, 11) is 0.871. The van der Waals surface area contributed by atoms with Crippen molar-refractivity contribution in [1.29, 1.82) is 0 Å². The standard InChI is InChI=1S/C17H21N3O5S/c1-18(2)11-12-19(14-7-5-4-6-8-14)26(23,24)17-10-9-15(25-3)13-16(17)20(21)22/h4-10,13H,11-12H2,1-3H3. The van der Waals surface area contributed by atoms with Gasteiger partial charge >= 0.3 is 0 Å². The molecule has 0 amide bonds. The Labute approximate surface area is 152 Å². The molecule has 0 saturated heterocycles. The number of rotatable bonds is 8. The van der Waals surface area contributed by atoms with E-state index in [0.717, 1.165) is 6.07 Å². The van der Waals surface area contributed by atoms with E-state index in [2.05, 4.69) is 0 Å². The van der Waals surface area contributed by atoms with Gasteiger partial charge in [-0.1, -0.05) is 18.2 Å². The van der Waals surface area contributed by atoms with Crippen LogP contribution in [0.15, 0.2) is 53.4 Å². The van der Waals surface area contributed by atoms with Gasteiger partial charge in [0, 0.05) is 13.1 Å². The molecule has 0 atom stereocenters. The number of likely N-dealkylation sites (N-methyl/N-ethyl adjacent to an activating group) is 1. The summed E-state index contributed by atoms with van der Waals surface area (Å²) < 4.78 is 32.6. The second-order valence-electron chi connectivity index (χ2n) is 5.81. The zero-order valence-corrected chi connectivity index (χ0v) is 15.6. The van der Waals surface area contributed by atoms with Gasteiger partial charge in [0.05, 0.1) is 23.8 Å². The van der Waals surface area contributed by atoms with Crippen LogP contribution in [0, 0.1) is 10.1 Å². The molecule has 0 aliphatic heterocycles. The zero-order valence-electron chi connectivity index (χ0n) is 14.8. The molecule has 0 N–H and O–H groups in total. The van der Waals surface area contributed by atoms with E-state index in [0.29, 0.717) is 12.2 Å². The molecule has 0 saturated carbocycles. The van der Waals surface area contributed by atoms with Gasteiger partial charge in [-0.25, -0.2) is 8.42 Å². The Bertz CT molecular complexity index is 869. The fraction of sp³-hybridized carbons (Fsp3) is 0.294. The molecule has 0 radical (unpaired) electrons. The van der Waals surface area contributed by atoms with Crippen molar-refractivity contribution >= 4 is 21.4 Å². The first kappa shape index (κ1) is 19.7. The summed E-state index contributed by atoms with van der Waals surface area (Å²) in [4.78, 5) is 12.2. The van der Waals surface area contributed by atoms with Crippen molar-refractivity contribution < 1.29 is 18.1 Å². The van der Waals surface area contributed by atoms with Crippen molar-refractivity contribution in [3.63, 3.8) is 0 Å². The highest BCUT2D eigenvalue weighted by atomic mass is 32.2. The molecule has 0 heterocycles. The molecule has 140 valence electrons. The Morgan fingerprint density at radius 1 is 1.08 bits per heavy atom. The summed E-state index contributed by atoms with van der Waals surface area (Å²) in [6, 6.07) is 12.2. The van der Waals surface area contributed by atoms with Gasteiger partial charge in [-0.15, -0.1) is 0 Å². The highest BCUT2D eigenvalue weighted by Crippen LogP contribution is 2.32. The van der Waals surface area contributed by atoms with Gasteiger partial charge in [-0.2, -0.15) is 0 Å². The van der Waals surface area contributed by atoms with Gasteiger partial charge < -0.3 is 9.64 Å². The van der Waals surface area contributed by atoms with Crippen LogP contribution in [-0.4, -0.2) is 52.5 Å². The Hall–Kier alpha value is -2.65. The monoisotopic (exact) mass is 379 g/mol. The Morgan fingerprint density at radius 2 is 1.73 bits per heavy atom. The first-order chi connectivity index (χ1) is 12.3. The van der Waals surface area contributed by atoms with Crippen LogP contribution < -0.4 is 9.04 Å². The fourth-order valence-corrected chi connectivity index (χ4v) is 3.97. The zero-order chi connectivity index (χ0) is 19.3. The van der Waals surface area contributed by atoms with E-state index in [1.165, 1.54) is 23.5 Å². The maximum absolute atomic E-state index is 13.2. The molecular formula is C17H21N3O5S. The lowest BCUT2D eigenvalue weighted by atomic mass is 10.3. The summed E-state index contributed by atoms with van der Waals surface area (Å²) in [5, 5.41) is 11.4. The highest BCUT2D eigenvalue weighted by Gasteiger charge is 2.32. The third-order valence-corrected chi connectivity index (χ3v) is 5.60. The van der Waals surface area contributed by atoms with Crippen LogP contribution in [0.25, 0.3) is 0 Å². The molecule has 0 bridgehead atoms. The number of ether oxygens (including phenoxy) is 1. The number of hydrogen-bond acceptors (Lipinski definition) is 6. The molecule has 0 aliphatic carbocycles. The lowest BCUT2D eigenvalue weighted by molar-refractivity contribution is -0.387. The summed E-state index contributed by atoms with van der Waals surface area (Å²) >= 11 is 0. The largest absolute Gasteiger partial charge is 0.497 e. The van der Waals surface area contributed by atoms with Crippen LogP contribution in [0.5, 0.6) is 5.75 Å². The number of nitro groups is 1. The number of nitrogens with zero attached hydrogens (tertiary/aromatic N) is 3. The van der Waals surface area contributed by atoms with Crippen molar-refractivity contribution in [2.45, 2.75) is 4.90 Å². The SMILES string of the molecule is COc1ccc(S(=O)(=O)N(CCN(C)C)c2ccccc2)c([N+](=O)[O-])c1. The molecule has 26 heavy (non-hydrogen) atoms. The molecule has 0 fully saturated rings.